The maximum Gasteiger partial charge on any atom is 0.0790 e. The van der Waals surface area contributed by atoms with Crippen LogP contribution in [-0.4, -0.2) is 5.11 Å². The van der Waals surface area contributed by atoms with E-state index in [0.717, 1.165) is 30.2 Å². The molecule has 0 amide bonds. The van der Waals surface area contributed by atoms with Crippen LogP contribution in [0.25, 0.3) is 0 Å². The third kappa shape index (κ3) is 2.91. The second-order valence-corrected chi connectivity index (χ2v) is 5.55. The molecule has 0 bridgehead atoms. The Kier molecular flexibility index (Phi) is 3.78. The maximum atomic E-state index is 10.00. The summed E-state index contributed by atoms with van der Waals surface area (Å²) in [5.74, 6) is 1.67. The van der Waals surface area contributed by atoms with Crippen molar-refractivity contribution >= 4 is 23.2 Å². The summed E-state index contributed by atoms with van der Waals surface area (Å²) in [4.78, 5) is 0. The van der Waals surface area contributed by atoms with Gasteiger partial charge in [0.05, 0.1) is 16.1 Å². The van der Waals surface area contributed by atoms with E-state index in [2.05, 4.69) is 6.92 Å². The molecule has 88 valence electrons. The van der Waals surface area contributed by atoms with Crippen LogP contribution in [0, 0.1) is 11.8 Å². The van der Waals surface area contributed by atoms with Crippen molar-refractivity contribution in [3.63, 3.8) is 0 Å². The van der Waals surface area contributed by atoms with E-state index in [0.29, 0.717) is 10.0 Å². The van der Waals surface area contributed by atoms with Crippen LogP contribution in [0.1, 0.15) is 37.9 Å². The van der Waals surface area contributed by atoms with Crippen LogP contribution in [0.3, 0.4) is 0 Å². The van der Waals surface area contributed by atoms with E-state index < -0.39 is 6.10 Å². The zero-order valence-corrected chi connectivity index (χ0v) is 10.8. The first kappa shape index (κ1) is 12.2. The highest BCUT2D eigenvalue weighted by atomic mass is 35.5. The molecule has 1 aliphatic carbocycles. The van der Waals surface area contributed by atoms with E-state index in [4.69, 9.17) is 23.2 Å². The molecule has 0 saturated heterocycles. The van der Waals surface area contributed by atoms with Gasteiger partial charge in [-0.2, -0.15) is 0 Å². The summed E-state index contributed by atoms with van der Waals surface area (Å²) in [6.45, 7) is 2.26. The molecule has 0 spiro atoms. The Labute approximate surface area is 106 Å². The highest BCUT2D eigenvalue weighted by molar-refractivity contribution is 6.42. The highest BCUT2D eigenvalue weighted by Gasteiger charge is 2.32. The molecule has 0 radical (unpaired) electrons. The Morgan fingerprint density at radius 2 is 2.06 bits per heavy atom. The van der Waals surface area contributed by atoms with Crippen molar-refractivity contribution in [1.29, 1.82) is 0 Å². The first-order valence-corrected chi connectivity index (χ1v) is 6.46. The second-order valence-electron chi connectivity index (χ2n) is 4.74. The number of rotatable bonds is 4. The summed E-state index contributed by atoms with van der Waals surface area (Å²) in [6, 6.07) is 5.34. The van der Waals surface area contributed by atoms with Crippen LogP contribution in [0.4, 0.5) is 0 Å². The van der Waals surface area contributed by atoms with E-state index in [9.17, 15) is 5.11 Å². The largest absolute Gasteiger partial charge is 0.388 e. The molecule has 3 heteroatoms. The van der Waals surface area contributed by atoms with Gasteiger partial charge in [0.1, 0.15) is 0 Å². The average molecular weight is 259 g/mol. The van der Waals surface area contributed by atoms with Crippen molar-refractivity contribution in [1.82, 2.24) is 0 Å². The highest BCUT2D eigenvalue weighted by Crippen LogP contribution is 2.42. The van der Waals surface area contributed by atoms with E-state index in [1.165, 1.54) is 6.42 Å². The zero-order chi connectivity index (χ0) is 11.7. The quantitative estimate of drug-likeness (QED) is 0.846. The second kappa shape index (κ2) is 4.95. The van der Waals surface area contributed by atoms with Crippen molar-refractivity contribution in [3.8, 4) is 0 Å². The Hall–Kier alpha value is -0.240. The molecule has 3 unspecified atom stereocenters. The molecular formula is C13H16Cl2O. The molecule has 1 fully saturated rings. The topological polar surface area (TPSA) is 20.2 Å². The number of aliphatic hydroxyl groups is 1. The minimum atomic E-state index is -0.414. The fraction of sp³-hybridized carbons (Fsp3) is 0.538. The van der Waals surface area contributed by atoms with Crippen molar-refractivity contribution in [3.05, 3.63) is 33.8 Å². The Morgan fingerprint density at radius 1 is 1.38 bits per heavy atom. The van der Waals surface area contributed by atoms with Crippen LogP contribution in [0.5, 0.6) is 0 Å². The van der Waals surface area contributed by atoms with E-state index in [-0.39, 0.29) is 0 Å². The van der Waals surface area contributed by atoms with Crippen LogP contribution < -0.4 is 0 Å². The average Bonchev–Trinajstić information content (AvgIpc) is 2.95. The zero-order valence-electron chi connectivity index (χ0n) is 9.29. The monoisotopic (exact) mass is 258 g/mol. The summed E-state index contributed by atoms with van der Waals surface area (Å²) in [6.07, 6.45) is 2.81. The summed E-state index contributed by atoms with van der Waals surface area (Å²) in [5, 5.41) is 11.0. The van der Waals surface area contributed by atoms with Crippen LogP contribution in [0.2, 0.25) is 10.0 Å². The molecule has 0 aromatic heterocycles. The lowest BCUT2D eigenvalue weighted by molar-refractivity contribution is 0.162. The normalized spacial score (nSPS) is 25.5. The molecule has 16 heavy (non-hydrogen) atoms. The summed E-state index contributed by atoms with van der Waals surface area (Å²) >= 11 is 11.7. The molecule has 2 rings (SSSR count). The van der Waals surface area contributed by atoms with Crippen molar-refractivity contribution in [2.45, 2.75) is 32.3 Å². The van der Waals surface area contributed by atoms with Gasteiger partial charge in [0.25, 0.3) is 0 Å². The third-order valence-electron chi connectivity index (χ3n) is 3.42. The number of halogens is 2. The van der Waals surface area contributed by atoms with Gasteiger partial charge in [0.2, 0.25) is 0 Å². The fourth-order valence-electron chi connectivity index (χ4n) is 2.06. The lowest BCUT2D eigenvalue weighted by Gasteiger charge is -2.11. The predicted octanol–water partition coefficient (Wildman–Crippen LogP) is 4.46. The molecule has 0 aliphatic heterocycles. The first-order valence-electron chi connectivity index (χ1n) is 5.71. The van der Waals surface area contributed by atoms with Crippen molar-refractivity contribution in [2.24, 2.45) is 11.8 Å². The van der Waals surface area contributed by atoms with Gasteiger partial charge in [-0.25, -0.2) is 0 Å². The van der Waals surface area contributed by atoms with Crippen LogP contribution >= 0.6 is 23.2 Å². The number of hydrogen-bond acceptors (Lipinski definition) is 1. The maximum absolute atomic E-state index is 10.00. The van der Waals surface area contributed by atoms with Crippen LogP contribution in [-0.2, 0) is 0 Å². The Balaban J connectivity index is 1.92. The molecule has 1 saturated carbocycles. The van der Waals surface area contributed by atoms with Crippen molar-refractivity contribution in [2.75, 3.05) is 0 Å². The van der Waals surface area contributed by atoms with Gasteiger partial charge >= 0.3 is 0 Å². The predicted molar refractivity (Wildman–Crippen MR) is 67.9 cm³/mol. The Bertz CT molecular complexity index is 378. The van der Waals surface area contributed by atoms with Gasteiger partial charge < -0.3 is 5.11 Å². The number of hydrogen-bond donors (Lipinski definition) is 1. The third-order valence-corrected chi connectivity index (χ3v) is 4.15. The van der Waals surface area contributed by atoms with Gasteiger partial charge in [-0.1, -0.05) is 36.2 Å². The molecule has 1 aromatic rings. The van der Waals surface area contributed by atoms with Gasteiger partial charge in [-0.15, -0.1) is 0 Å². The van der Waals surface area contributed by atoms with Gasteiger partial charge in [0, 0.05) is 0 Å². The lowest BCUT2D eigenvalue weighted by atomic mass is 10.0. The van der Waals surface area contributed by atoms with E-state index in [1.54, 1.807) is 12.1 Å². The molecule has 3 atom stereocenters. The van der Waals surface area contributed by atoms with Crippen LogP contribution in [0.15, 0.2) is 18.2 Å². The van der Waals surface area contributed by atoms with Gasteiger partial charge in [-0.05, 0) is 48.8 Å². The minimum Gasteiger partial charge on any atom is -0.388 e. The molecule has 1 N–H and O–H groups in total. The molecule has 0 heterocycles. The van der Waals surface area contributed by atoms with Gasteiger partial charge in [-0.3, -0.25) is 0 Å². The molecule has 1 nitrogen and oxygen atoms in total. The lowest BCUT2D eigenvalue weighted by Crippen LogP contribution is -1.98. The fourth-order valence-corrected chi connectivity index (χ4v) is 2.37. The number of aliphatic hydroxyl groups excluding tert-OH is 1. The molecule has 1 aromatic carbocycles. The van der Waals surface area contributed by atoms with Gasteiger partial charge in [0.15, 0.2) is 0 Å². The van der Waals surface area contributed by atoms with E-state index in [1.807, 2.05) is 6.07 Å². The Morgan fingerprint density at radius 3 is 2.62 bits per heavy atom. The minimum absolute atomic E-state index is 0.414. The molecule has 1 aliphatic rings. The smallest absolute Gasteiger partial charge is 0.0790 e. The van der Waals surface area contributed by atoms with Crippen molar-refractivity contribution < 1.29 is 5.11 Å². The first-order chi connectivity index (χ1) is 7.58. The molecular weight excluding hydrogens is 243 g/mol. The number of benzene rings is 1. The summed E-state index contributed by atoms with van der Waals surface area (Å²) in [5.41, 5.74) is 0.864. The summed E-state index contributed by atoms with van der Waals surface area (Å²) in [7, 11) is 0. The summed E-state index contributed by atoms with van der Waals surface area (Å²) < 4.78 is 0. The van der Waals surface area contributed by atoms with E-state index >= 15 is 0 Å². The standard InChI is InChI=1S/C13H16Cl2O/c1-8-6-9(8)3-5-13(16)10-2-4-11(14)12(15)7-10/h2,4,7-9,13,16H,3,5-6H2,1H3. The SMILES string of the molecule is CC1CC1CCC(O)c1ccc(Cl)c(Cl)c1.